The number of carboxylic acids is 1. The molecule has 0 aromatic rings. The Bertz CT molecular complexity index is 257. The summed E-state index contributed by atoms with van der Waals surface area (Å²) in [5, 5.41) is 8.33. The van der Waals surface area contributed by atoms with Gasteiger partial charge in [0.1, 0.15) is 6.04 Å². The van der Waals surface area contributed by atoms with Crippen LogP contribution in [0.15, 0.2) is 0 Å². The lowest BCUT2D eigenvalue weighted by Gasteiger charge is -2.03. The molecule has 0 radical (unpaired) electrons. The first-order valence-corrected chi connectivity index (χ1v) is 5.46. The van der Waals surface area contributed by atoms with Crippen LogP contribution < -0.4 is 11.5 Å². The highest BCUT2D eigenvalue weighted by atomic mass is 32.3. The van der Waals surface area contributed by atoms with E-state index in [1.807, 2.05) is 0 Å². The van der Waals surface area contributed by atoms with Crippen molar-refractivity contribution in [2.75, 3.05) is 6.54 Å². The van der Waals surface area contributed by atoms with Crippen LogP contribution in [0.3, 0.4) is 0 Å². The molecule has 7 N–H and O–H groups in total. The SMILES string of the molecule is NCCCC[C@@H](N)C(=O)O.O=S(=O)(O)O. The first kappa shape index (κ1) is 16.7. The van der Waals surface area contributed by atoms with Crippen molar-refractivity contribution in [2.45, 2.75) is 25.3 Å². The predicted molar refractivity (Wildman–Crippen MR) is 52.7 cm³/mol. The summed E-state index contributed by atoms with van der Waals surface area (Å²) in [7, 11) is -4.67. The molecular weight excluding hydrogens is 228 g/mol. The van der Waals surface area contributed by atoms with E-state index in [1.165, 1.54) is 0 Å². The number of rotatable bonds is 5. The summed E-state index contributed by atoms with van der Waals surface area (Å²) in [4.78, 5) is 10.1. The highest BCUT2D eigenvalue weighted by Gasteiger charge is 2.09. The first-order valence-electron chi connectivity index (χ1n) is 4.06. The Morgan fingerprint density at radius 2 is 1.67 bits per heavy atom. The fraction of sp³-hybridized carbons (Fsp3) is 0.833. The van der Waals surface area contributed by atoms with Gasteiger partial charge in [0.05, 0.1) is 0 Å². The Hall–Kier alpha value is -0.740. The second-order valence-corrected chi connectivity index (χ2v) is 3.57. The quantitative estimate of drug-likeness (QED) is 0.299. The standard InChI is InChI=1S/C6H14N2O2.H2O4S/c7-4-2-1-3-5(8)6(9)10;1-5(2,3)4/h5H,1-4,7-8H2,(H,9,10);(H2,1,2,3,4)/t5-;/m1./s1. The average molecular weight is 244 g/mol. The third-order valence-corrected chi connectivity index (χ3v) is 1.29. The van der Waals surface area contributed by atoms with Gasteiger partial charge in [0, 0.05) is 0 Å². The summed E-state index contributed by atoms with van der Waals surface area (Å²) in [5.74, 6) is -0.933. The van der Waals surface area contributed by atoms with Gasteiger partial charge in [0.2, 0.25) is 0 Å². The van der Waals surface area contributed by atoms with Crippen LogP contribution in [0, 0.1) is 0 Å². The molecule has 0 amide bonds. The van der Waals surface area contributed by atoms with E-state index in [2.05, 4.69) is 0 Å². The normalized spacial score (nSPS) is 12.5. The molecule has 0 unspecified atom stereocenters. The zero-order valence-corrected chi connectivity index (χ0v) is 8.85. The molecule has 8 nitrogen and oxygen atoms in total. The summed E-state index contributed by atoms with van der Waals surface area (Å²) in [6.45, 7) is 0.604. The lowest BCUT2D eigenvalue weighted by Crippen LogP contribution is -2.29. The van der Waals surface area contributed by atoms with E-state index >= 15 is 0 Å². The highest BCUT2D eigenvalue weighted by molar-refractivity contribution is 7.79. The van der Waals surface area contributed by atoms with Crippen molar-refractivity contribution in [3.63, 3.8) is 0 Å². The van der Waals surface area contributed by atoms with E-state index in [4.69, 9.17) is 34.1 Å². The lowest BCUT2D eigenvalue weighted by molar-refractivity contribution is -0.138. The van der Waals surface area contributed by atoms with E-state index in [0.717, 1.165) is 12.8 Å². The summed E-state index contributed by atoms with van der Waals surface area (Å²) in [6, 6.07) is -0.716. The molecule has 1 atom stereocenters. The van der Waals surface area contributed by atoms with E-state index in [9.17, 15) is 4.79 Å². The fourth-order valence-electron chi connectivity index (χ4n) is 0.632. The smallest absolute Gasteiger partial charge is 0.394 e. The van der Waals surface area contributed by atoms with Crippen molar-refractivity contribution in [3.8, 4) is 0 Å². The topological polar surface area (TPSA) is 164 Å². The first-order chi connectivity index (χ1) is 6.68. The molecule has 0 spiro atoms. The van der Waals surface area contributed by atoms with Gasteiger partial charge in [-0.3, -0.25) is 13.9 Å². The number of carboxylic acid groups (broad SMARTS) is 1. The molecule has 0 bridgehead atoms. The minimum atomic E-state index is -4.67. The summed E-state index contributed by atoms with van der Waals surface area (Å²) in [5.41, 5.74) is 10.4. The number of hydrogen-bond acceptors (Lipinski definition) is 5. The summed E-state index contributed by atoms with van der Waals surface area (Å²) < 4.78 is 31.6. The molecule has 0 saturated heterocycles. The van der Waals surface area contributed by atoms with Gasteiger partial charge in [-0.1, -0.05) is 6.42 Å². The van der Waals surface area contributed by atoms with Crippen molar-refractivity contribution in [3.05, 3.63) is 0 Å². The third kappa shape index (κ3) is 24.6. The molecule has 0 aliphatic rings. The maximum atomic E-state index is 10.1. The Labute approximate surface area is 87.8 Å². The molecule has 0 fully saturated rings. The number of unbranched alkanes of at least 4 members (excludes halogenated alkanes) is 1. The largest absolute Gasteiger partial charge is 0.480 e. The average Bonchev–Trinajstić information content (AvgIpc) is 2.01. The van der Waals surface area contributed by atoms with Crippen LogP contribution in [0.5, 0.6) is 0 Å². The van der Waals surface area contributed by atoms with Crippen molar-refractivity contribution in [2.24, 2.45) is 11.5 Å². The zero-order valence-electron chi connectivity index (χ0n) is 8.04. The Morgan fingerprint density at radius 1 is 1.27 bits per heavy atom. The Morgan fingerprint density at radius 3 is 1.93 bits per heavy atom. The number of aliphatic carboxylic acids is 1. The van der Waals surface area contributed by atoms with Gasteiger partial charge >= 0.3 is 16.4 Å². The summed E-state index contributed by atoms with van der Waals surface area (Å²) >= 11 is 0. The molecule has 0 aromatic carbocycles. The minimum Gasteiger partial charge on any atom is -0.480 e. The van der Waals surface area contributed by atoms with E-state index < -0.39 is 22.4 Å². The van der Waals surface area contributed by atoms with Gasteiger partial charge in [-0.15, -0.1) is 0 Å². The molecule has 0 aliphatic heterocycles. The van der Waals surface area contributed by atoms with E-state index in [0.29, 0.717) is 13.0 Å². The molecule has 9 heteroatoms. The molecule has 92 valence electrons. The van der Waals surface area contributed by atoms with E-state index in [1.54, 1.807) is 0 Å². The van der Waals surface area contributed by atoms with Crippen LogP contribution in [0.4, 0.5) is 0 Å². The van der Waals surface area contributed by atoms with Gasteiger partial charge in [-0.25, -0.2) is 0 Å². The molecule has 0 heterocycles. The van der Waals surface area contributed by atoms with Crippen LogP contribution in [-0.4, -0.2) is 41.2 Å². The van der Waals surface area contributed by atoms with Gasteiger partial charge in [0.15, 0.2) is 0 Å². The maximum absolute atomic E-state index is 10.1. The monoisotopic (exact) mass is 244 g/mol. The van der Waals surface area contributed by atoms with Crippen molar-refractivity contribution in [1.29, 1.82) is 0 Å². The van der Waals surface area contributed by atoms with Gasteiger partial charge in [-0.2, -0.15) is 8.42 Å². The molecule has 0 aromatic heterocycles. The third-order valence-electron chi connectivity index (χ3n) is 1.29. The van der Waals surface area contributed by atoms with Crippen molar-refractivity contribution in [1.82, 2.24) is 0 Å². The van der Waals surface area contributed by atoms with Crippen LogP contribution in [-0.2, 0) is 15.2 Å². The van der Waals surface area contributed by atoms with Crippen LogP contribution in [0.1, 0.15) is 19.3 Å². The molecular formula is C6H16N2O6S. The van der Waals surface area contributed by atoms with Crippen LogP contribution in [0.25, 0.3) is 0 Å². The molecule has 0 rings (SSSR count). The Kier molecular flexibility index (Phi) is 9.52. The zero-order chi connectivity index (χ0) is 12.5. The summed E-state index contributed by atoms with van der Waals surface area (Å²) in [6.07, 6.45) is 2.16. The van der Waals surface area contributed by atoms with Gasteiger partial charge < -0.3 is 16.6 Å². The van der Waals surface area contributed by atoms with E-state index in [-0.39, 0.29) is 0 Å². The van der Waals surface area contributed by atoms with Gasteiger partial charge in [0.25, 0.3) is 0 Å². The number of nitrogens with two attached hydrogens (primary N) is 2. The maximum Gasteiger partial charge on any atom is 0.394 e. The number of carbonyl (C=O) groups is 1. The second-order valence-electron chi connectivity index (χ2n) is 2.68. The molecule has 0 saturated carbocycles. The second kappa shape index (κ2) is 8.56. The molecule has 15 heavy (non-hydrogen) atoms. The van der Waals surface area contributed by atoms with Gasteiger partial charge in [-0.05, 0) is 19.4 Å². The molecule has 0 aliphatic carbocycles. The van der Waals surface area contributed by atoms with Crippen molar-refractivity contribution >= 4 is 16.4 Å². The minimum absolute atomic E-state index is 0.520. The van der Waals surface area contributed by atoms with Crippen LogP contribution >= 0.6 is 0 Å². The predicted octanol–water partition coefficient (Wildman–Crippen LogP) is -1.13. The Balaban J connectivity index is 0. The number of hydrogen-bond donors (Lipinski definition) is 5. The fourth-order valence-corrected chi connectivity index (χ4v) is 0.632. The van der Waals surface area contributed by atoms with Crippen molar-refractivity contribution < 1.29 is 27.4 Å². The lowest BCUT2D eigenvalue weighted by atomic mass is 10.1. The van der Waals surface area contributed by atoms with Crippen LogP contribution in [0.2, 0.25) is 0 Å². The highest BCUT2D eigenvalue weighted by Crippen LogP contribution is 1.96.